The van der Waals surface area contributed by atoms with Gasteiger partial charge in [-0.2, -0.15) is 0 Å². The van der Waals surface area contributed by atoms with Crippen LogP contribution in [0.3, 0.4) is 0 Å². The second-order valence-electron chi connectivity index (χ2n) is 5.81. The smallest absolute Gasteiger partial charge is 0.253 e. The first-order valence-corrected chi connectivity index (χ1v) is 8.23. The molecule has 0 radical (unpaired) electrons. The first kappa shape index (κ1) is 19.2. The molecule has 2 atom stereocenters. The van der Waals surface area contributed by atoms with Crippen molar-refractivity contribution in [2.75, 3.05) is 19.7 Å². The summed E-state index contributed by atoms with van der Waals surface area (Å²) in [5.41, 5.74) is 6.31. The van der Waals surface area contributed by atoms with Gasteiger partial charge in [0.1, 0.15) is 0 Å². The van der Waals surface area contributed by atoms with Gasteiger partial charge in [0.25, 0.3) is 5.91 Å². The number of halogens is 3. The van der Waals surface area contributed by atoms with Crippen molar-refractivity contribution >= 4 is 29.1 Å². The van der Waals surface area contributed by atoms with Gasteiger partial charge in [-0.15, -0.1) is 0 Å². The molecule has 1 saturated heterocycles. The Morgan fingerprint density at radius 1 is 1.42 bits per heavy atom. The number of rotatable bonds is 4. The van der Waals surface area contributed by atoms with E-state index < -0.39 is 36.2 Å². The maximum absolute atomic E-state index is 13.8. The molecule has 5 N–H and O–H groups in total. The summed E-state index contributed by atoms with van der Waals surface area (Å²) < 4.78 is 13.8. The van der Waals surface area contributed by atoms with E-state index in [-0.39, 0.29) is 21.5 Å². The molecule has 2 rings (SSSR count). The van der Waals surface area contributed by atoms with E-state index in [1.165, 1.54) is 11.0 Å². The second-order valence-corrected chi connectivity index (χ2v) is 6.60. The minimum atomic E-state index is -1.43. The number of carbonyl (C=O) groups excluding carboxylic acids is 1. The number of carbonyl (C=O) groups is 1. The lowest BCUT2D eigenvalue weighted by Crippen LogP contribution is -2.46. The van der Waals surface area contributed by atoms with Crippen molar-refractivity contribution in [2.45, 2.75) is 25.0 Å². The summed E-state index contributed by atoms with van der Waals surface area (Å²) in [7, 11) is 0. The third-order valence-corrected chi connectivity index (χ3v) is 5.11. The Hall–Kier alpha value is -1.12. The van der Waals surface area contributed by atoms with Crippen LogP contribution >= 0.6 is 23.2 Å². The van der Waals surface area contributed by atoms with E-state index in [1.54, 1.807) is 0 Å². The number of piperidine rings is 1. The Morgan fingerprint density at radius 2 is 2.00 bits per heavy atom. The zero-order valence-electron chi connectivity index (χ0n) is 12.8. The van der Waals surface area contributed by atoms with Crippen molar-refractivity contribution in [1.29, 1.82) is 0 Å². The summed E-state index contributed by atoms with van der Waals surface area (Å²) in [4.78, 5) is 13.3. The highest BCUT2D eigenvalue weighted by atomic mass is 35.5. The van der Waals surface area contributed by atoms with Gasteiger partial charge in [-0.3, -0.25) is 4.79 Å². The molecular formula is C15H19Cl2FN2O4. The lowest BCUT2D eigenvalue weighted by atomic mass is 9.85. The third kappa shape index (κ3) is 3.75. The summed E-state index contributed by atoms with van der Waals surface area (Å²) in [5.74, 6) is -2.27. The molecule has 1 fully saturated rings. The Balaban J connectivity index is 2.09. The molecule has 1 aromatic rings. The number of nitrogens with zero attached hydrogens (tertiary/aromatic N) is 1. The van der Waals surface area contributed by atoms with E-state index in [4.69, 9.17) is 34.0 Å². The summed E-state index contributed by atoms with van der Waals surface area (Å²) in [5, 5.41) is 27.7. The van der Waals surface area contributed by atoms with Gasteiger partial charge >= 0.3 is 0 Å². The Morgan fingerprint density at radius 3 is 2.54 bits per heavy atom. The van der Waals surface area contributed by atoms with Crippen LogP contribution in [0.2, 0.25) is 10.0 Å². The number of aromatic hydroxyl groups is 1. The number of phenols is 1. The van der Waals surface area contributed by atoms with Crippen LogP contribution in [0.1, 0.15) is 24.4 Å². The summed E-state index contributed by atoms with van der Waals surface area (Å²) in [6, 6.07) is 0.675. The largest absolute Gasteiger partial charge is 0.505 e. The molecule has 1 heterocycles. The van der Waals surface area contributed by atoms with Crippen molar-refractivity contribution in [3.63, 3.8) is 0 Å². The molecule has 0 saturated carbocycles. The van der Waals surface area contributed by atoms with Crippen LogP contribution in [-0.2, 0) is 4.79 Å². The molecular weight excluding hydrogens is 362 g/mol. The van der Waals surface area contributed by atoms with E-state index in [0.717, 1.165) is 0 Å². The predicted octanol–water partition coefficient (Wildman–Crippen LogP) is 1.43. The second kappa shape index (κ2) is 7.84. The fourth-order valence-corrected chi connectivity index (χ4v) is 3.22. The van der Waals surface area contributed by atoms with Crippen molar-refractivity contribution in [2.24, 2.45) is 11.7 Å². The van der Waals surface area contributed by atoms with Crippen LogP contribution < -0.4 is 5.73 Å². The number of hydrogen-bond donors (Lipinski definition) is 4. The molecule has 0 aliphatic carbocycles. The summed E-state index contributed by atoms with van der Waals surface area (Å²) in [6.45, 7) is 0.0619. The Bertz CT molecular complexity index is 624. The Kier molecular flexibility index (Phi) is 6.28. The highest BCUT2D eigenvalue weighted by Gasteiger charge is 2.31. The standard InChI is InChI=1S/C15H19Cl2FN2O4/c16-9-5-8(14(23)12(18)11(9)17)13(19)7-1-3-20(4-2-7)15(24)10(22)6-21/h5,7,10,13,21-23H,1-4,6,19H2/t10-,13?/m1/s1. The molecule has 0 aromatic heterocycles. The first-order valence-electron chi connectivity index (χ1n) is 7.47. The third-order valence-electron chi connectivity index (χ3n) is 4.34. The van der Waals surface area contributed by atoms with Crippen LogP contribution in [-0.4, -0.2) is 51.9 Å². The molecule has 1 unspecified atom stereocenters. The van der Waals surface area contributed by atoms with Gasteiger partial charge in [0.15, 0.2) is 17.7 Å². The van der Waals surface area contributed by atoms with Crippen molar-refractivity contribution in [3.05, 3.63) is 27.5 Å². The summed E-state index contributed by atoms with van der Waals surface area (Å²) >= 11 is 11.5. The van der Waals surface area contributed by atoms with Gasteiger partial charge < -0.3 is 26.0 Å². The minimum Gasteiger partial charge on any atom is -0.505 e. The maximum atomic E-state index is 13.8. The highest BCUT2D eigenvalue weighted by molar-refractivity contribution is 6.42. The topological polar surface area (TPSA) is 107 Å². The monoisotopic (exact) mass is 380 g/mol. The van der Waals surface area contributed by atoms with Gasteiger partial charge in [-0.25, -0.2) is 4.39 Å². The molecule has 1 aromatic carbocycles. The fraction of sp³-hybridized carbons (Fsp3) is 0.533. The highest BCUT2D eigenvalue weighted by Crippen LogP contribution is 2.40. The summed E-state index contributed by atoms with van der Waals surface area (Å²) in [6.07, 6.45) is -0.415. The molecule has 1 aliphatic rings. The molecule has 0 bridgehead atoms. The van der Waals surface area contributed by atoms with Crippen LogP contribution in [0.25, 0.3) is 0 Å². The molecule has 0 spiro atoms. The minimum absolute atomic E-state index is 0.0314. The number of aliphatic hydroxyl groups excluding tert-OH is 2. The number of amides is 1. The number of benzene rings is 1. The van der Waals surface area contributed by atoms with E-state index in [2.05, 4.69) is 0 Å². The Labute approximate surface area is 148 Å². The quantitative estimate of drug-likeness (QED) is 0.591. The van der Waals surface area contributed by atoms with E-state index in [0.29, 0.717) is 25.9 Å². The molecule has 9 heteroatoms. The normalized spacial score (nSPS) is 18.5. The van der Waals surface area contributed by atoms with Gasteiger partial charge in [0.05, 0.1) is 16.7 Å². The van der Waals surface area contributed by atoms with Crippen LogP contribution in [0.5, 0.6) is 5.75 Å². The molecule has 1 amide bonds. The number of phenolic OH excluding ortho intramolecular Hbond substituents is 1. The first-order chi connectivity index (χ1) is 11.3. The van der Waals surface area contributed by atoms with E-state index in [1.807, 2.05) is 0 Å². The van der Waals surface area contributed by atoms with Gasteiger partial charge in [-0.1, -0.05) is 23.2 Å². The van der Waals surface area contributed by atoms with Crippen LogP contribution in [0.4, 0.5) is 4.39 Å². The van der Waals surface area contributed by atoms with E-state index in [9.17, 15) is 19.4 Å². The lowest BCUT2D eigenvalue weighted by Gasteiger charge is -2.35. The lowest BCUT2D eigenvalue weighted by molar-refractivity contribution is -0.143. The molecule has 6 nitrogen and oxygen atoms in total. The maximum Gasteiger partial charge on any atom is 0.253 e. The molecule has 1 aliphatic heterocycles. The number of hydrogen-bond acceptors (Lipinski definition) is 5. The van der Waals surface area contributed by atoms with Crippen molar-refractivity contribution < 1.29 is 24.5 Å². The van der Waals surface area contributed by atoms with E-state index >= 15 is 0 Å². The van der Waals surface area contributed by atoms with Crippen LogP contribution in [0, 0.1) is 11.7 Å². The number of nitrogens with two attached hydrogens (primary N) is 1. The fourth-order valence-electron chi connectivity index (χ4n) is 2.88. The average Bonchev–Trinajstić information content (AvgIpc) is 2.61. The zero-order valence-corrected chi connectivity index (χ0v) is 14.3. The zero-order chi connectivity index (χ0) is 18.0. The number of likely N-dealkylation sites (tertiary alicyclic amines) is 1. The predicted molar refractivity (Wildman–Crippen MR) is 87.4 cm³/mol. The number of aliphatic hydroxyl groups is 2. The molecule has 134 valence electrons. The van der Waals surface area contributed by atoms with Gasteiger partial charge in [0, 0.05) is 24.7 Å². The molecule has 24 heavy (non-hydrogen) atoms. The SMILES string of the molecule is NC(c1cc(Cl)c(Cl)c(F)c1O)C1CCN(C(=O)[C@H](O)CO)CC1. The van der Waals surface area contributed by atoms with Crippen molar-refractivity contribution in [3.8, 4) is 5.75 Å². The van der Waals surface area contributed by atoms with Gasteiger partial charge in [0.2, 0.25) is 0 Å². The van der Waals surface area contributed by atoms with Crippen LogP contribution in [0.15, 0.2) is 6.07 Å². The average molecular weight is 381 g/mol. The van der Waals surface area contributed by atoms with Gasteiger partial charge in [-0.05, 0) is 24.8 Å². The van der Waals surface area contributed by atoms with Crippen molar-refractivity contribution in [1.82, 2.24) is 4.90 Å².